The van der Waals surface area contributed by atoms with Gasteiger partial charge in [0.05, 0.1) is 13.5 Å². The largest absolute Gasteiger partial charge is 0.497 e. The Bertz CT molecular complexity index is 981. The second-order valence-corrected chi connectivity index (χ2v) is 7.61. The number of anilines is 1. The van der Waals surface area contributed by atoms with Crippen LogP contribution in [0, 0.1) is 5.41 Å². The second-order valence-electron chi connectivity index (χ2n) is 7.61. The molecule has 2 aliphatic rings. The molecule has 138 valence electrons. The summed E-state index contributed by atoms with van der Waals surface area (Å²) in [6, 6.07) is 15.8. The summed E-state index contributed by atoms with van der Waals surface area (Å²) >= 11 is 0. The van der Waals surface area contributed by atoms with Gasteiger partial charge in [-0.05, 0) is 36.4 Å². The number of amides is 1. The number of para-hydroxylation sites is 1. The van der Waals surface area contributed by atoms with E-state index in [-0.39, 0.29) is 11.3 Å². The van der Waals surface area contributed by atoms with E-state index in [1.165, 1.54) is 5.69 Å². The van der Waals surface area contributed by atoms with Gasteiger partial charge in [0.25, 0.3) is 0 Å². The summed E-state index contributed by atoms with van der Waals surface area (Å²) in [4.78, 5) is 16.9. The minimum Gasteiger partial charge on any atom is -0.497 e. The summed E-state index contributed by atoms with van der Waals surface area (Å²) < 4.78 is 10.5. The summed E-state index contributed by atoms with van der Waals surface area (Å²) in [5.74, 6) is 0.998. The molecule has 0 radical (unpaired) electrons. The highest BCUT2D eigenvalue weighted by molar-refractivity contribution is 5.86. The smallest absolute Gasteiger partial charge is 0.228 e. The van der Waals surface area contributed by atoms with Crippen LogP contribution in [0.4, 0.5) is 5.69 Å². The highest BCUT2D eigenvalue weighted by atomic mass is 16.5. The van der Waals surface area contributed by atoms with Crippen LogP contribution >= 0.6 is 0 Å². The van der Waals surface area contributed by atoms with Gasteiger partial charge in [-0.3, -0.25) is 4.79 Å². The standard InChI is InChI=1S/C21H21N3O3/c1-26-16-8-6-15(7-9-16)23-11-21(12-23)13-24(14-21)20(25)10-18-17-4-2-3-5-19(17)27-22-18/h2-9H,10-14H2,1H3. The Morgan fingerprint density at radius 3 is 2.59 bits per heavy atom. The number of nitrogens with zero attached hydrogens (tertiary/aromatic N) is 3. The number of ether oxygens (including phenoxy) is 1. The Kier molecular flexibility index (Phi) is 3.60. The average Bonchev–Trinajstić information content (AvgIpc) is 3.03. The molecule has 3 aromatic rings. The predicted octanol–water partition coefficient (Wildman–Crippen LogP) is 2.73. The number of rotatable bonds is 4. The van der Waals surface area contributed by atoms with E-state index in [0.717, 1.165) is 48.6 Å². The van der Waals surface area contributed by atoms with Gasteiger partial charge in [0, 0.05) is 42.7 Å². The molecule has 0 unspecified atom stereocenters. The molecule has 0 N–H and O–H groups in total. The molecule has 6 heteroatoms. The van der Waals surface area contributed by atoms with Crippen molar-refractivity contribution in [3.05, 3.63) is 54.2 Å². The lowest BCUT2D eigenvalue weighted by Crippen LogP contribution is -2.73. The molecule has 0 aliphatic carbocycles. The van der Waals surface area contributed by atoms with Gasteiger partial charge in [0.2, 0.25) is 5.91 Å². The van der Waals surface area contributed by atoms with E-state index in [0.29, 0.717) is 6.42 Å². The lowest BCUT2D eigenvalue weighted by molar-refractivity contribution is -0.144. The monoisotopic (exact) mass is 363 g/mol. The third-order valence-corrected chi connectivity index (χ3v) is 5.67. The molecular weight excluding hydrogens is 342 g/mol. The number of benzene rings is 2. The van der Waals surface area contributed by atoms with E-state index in [1.54, 1.807) is 7.11 Å². The fourth-order valence-electron chi connectivity index (χ4n) is 4.20. The van der Waals surface area contributed by atoms with Crippen molar-refractivity contribution < 1.29 is 14.1 Å². The maximum absolute atomic E-state index is 12.6. The molecule has 0 saturated carbocycles. The van der Waals surface area contributed by atoms with Gasteiger partial charge >= 0.3 is 0 Å². The number of methoxy groups -OCH3 is 1. The zero-order valence-corrected chi connectivity index (χ0v) is 15.2. The highest BCUT2D eigenvalue weighted by Crippen LogP contribution is 2.42. The van der Waals surface area contributed by atoms with Crippen molar-refractivity contribution in [2.24, 2.45) is 5.41 Å². The number of fused-ring (bicyclic) bond motifs is 1. The van der Waals surface area contributed by atoms with Gasteiger partial charge in [0.1, 0.15) is 11.4 Å². The van der Waals surface area contributed by atoms with Gasteiger partial charge in [-0.25, -0.2) is 0 Å². The molecule has 5 rings (SSSR count). The van der Waals surface area contributed by atoms with E-state index in [9.17, 15) is 4.79 Å². The fraction of sp³-hybridized carbons (Fsp3) is 0.333. The van der Waals surface area contributed by atoms with Crippen LogP contribution in [-0.4, -0.2) is 49.3 Å². The summed E-state index contributed by atoms with van der Waals surface area (Å²) in [6.07, 6.45) is 0.301. The molecule has 27 heavy (non-hydrogen) atoms. The van der Waals surface area contributed by atoms with Gasteiger partial charge in [-0.15, -0.1) is 0 Å². The molecule has 2 aliphatic heterocycles. The molecule has 3 heterocycles. The number of likely N-dealkylation sites (tertiary alicyclic amines) is 1. The number of carbonyl (C=O) groups excluding carboxylic acids is 1. The first-order valence-electron chi connectivity index (χ1n) is 9.16. The van der Waals surface area contributed by atoms with E-state index in [2.05, 4.69) is 22.2 Å². The normalized spacial score (nSPS) is 17.7. The summed E-state index contributed by atoms with van der Waals surface area (Å²) in [5, 5.41) is 5.00. The molecule has 0 atom stereocenters. The van der Waals surface area contributed by atoms with E-state index < -0.39 is 0 Å². The van der Waals surface area contributed by atoms with Crippen LogP contribution in [0.25, 0.3) is 11.0 Å². The van der Waals surface area contributed by atoms with Crippen LogP contribution in [0.15, 0.2) is 53.1 Å². The van der Waals surface area contributed by atoms with Crippen LogP contribution in [0.5, 0.6) is 5.75 Å². The lowest BCUT2D eigenvalue weighted by Gasteiger charge is -2.61. The Morgan fingerprint density at radius 1 is 1.11 bits per heavy atom. The molecular formula is C21H21N3O3. The van der Waals surface area contributed by atoms with Crippen molar-refractivity contribution in [2.75, 3.05) is 38.2 Å². The van der Waals surface area contributed by atoms with E-state index >= 15 is 0 Å². The molecule has 2 saturated heterocycles. The quantitative estimate of drug-likeness (QED) is 0.713. The van der Waals surface area contributed by atoms with Crippen LogP contribution in [0.3, 0.4) is 0 Å². The van der Waals surface area contributed by atoms with Gasteiger partial charge in [-0.2, -0.15) is 0 Å². The zero-order valence-electron chi connectivity index (χ0n) is 15.2. The van der Waals surface area contributed by atoms with Crippen molar-refractivity contribution in [3.63, 3.8) is 0 Å². The summed E-state index contributed by atoms with van der Waals surface area (Å²) in [5.41, 5.74) is 2.92. The van der Waals surface area contributed by atoms with Gasteiger partial charge < -0.3 is 19.1 Å². The lowest BCUT2D eigenvalue weighted by atomic mass is 9.72. The Balaban J connectivity index is 1.17. The summed E-state index contributed by atoms with van der Waals surface area (Å²) in [6.45, 7) is 3.65. The molecule has 2 aromatic carbocycles. The number of hydrogen-bond acceptors (Lipinski definition) is 5. The molecule has 1 amide bonds. The predicted molar refractivity (Wildman–Crippen MR) is 102 cm³/mol. The Hall–Kier alpha value is -3.02. The van der Waals surface area contributed by atoms with Gasteiger partial charge in [0.15, 0.2) is 5.58 Å². The minimum absolute atomic E-state index is 0.127. The Labute approximate surface area is 157 Å². The van der Waals surface area contributed by atoms with E-state index in [1.807, 2.05) is 41.3 Å². The van der Waals surface area contributed by atoms with Crippen molar-refractivity contribution in [1.82, 2.24) is 10.1 Å². The first-order chi connectivity index (χ1) is 13.2. The third-order valence-electron chi connectivity index (χ3n) is 5.67. The second kappa shape index (κ2) is 6.01. The number of hydrogen-bond donors (Lipinski definition) is 0. The van der Waals surface area contributed by atoms with E-state index in [4.69, 9.17) is 9.26 Å². The molecule has 1 spiro atoms. The molecule has 0 bridgehead atoms. The van der Waals surface area contributed by atoms with Crippen molar-refractivity contribution in [2.45, 2.75) is 6.42 Å². The maximum Gasteiger partial charge on any atom is 0.228 e. The molecule has 2 fully saturated rings. The van der Waals surface area contributed by atoms with Crippen LogP contribution in [0.2, 0.25) is 0 Å². The third kappa shape index (κ3) is 2.72. The van der Waals surface area contributed by atoms with Crippen molar-refractivity contribution >= 4 is 22.6 Å². The highest BCUT2D eigenvalue weighted by Gasteiger charge is 2.53. The summed E-state index contributed by atoms with van der Waals surface area (Å²) in [7, 11) is 1.68. The SMILES string of the molecule is COc1ccc(N2CC3(CN(C(=O)Cc4noc5ccccc45)C3)C2)cc1. The maximum atomic E-state index is 12.6. The van der Waals surface area contributed by atoms with Crippen LogP contribution in [0.1, 0.15) is 5.69 Å². The van der Waals surface area contributed by atoms with Crippen LogP contribution in [-0.2, 0) is 11.2 Å². The Morgan fingerprint density at radius 2 is 1.85 bits per heavy atom. The minimum atomic E-state index is 0.127. The first kappa shape index (κ1) is 16.2. The molecule has 1 aromatic heterocycles. The van der Waals surface area contributed by atoms with Crippen LogP contribution < -0.4 is 9.64 Å². The first-order valence-corrected chi connectivity index (χ1v) is 9.16. The van der Waals surface area contributed by atoms with Gasteiger partial charge in [-0.1, -0.05) is 17.3 Å². The average molecular weight is 363 g/mol. The zero-order chi connectivity index (χ0) is 18.4. The fourth-order valence-corrected chi connectivity index (χ4v) is 4.20. The number of carbonyl (C=O) groups is 1. The number of aromatic nitrogens is 1. The topological polar surface area (TPSA) is 58.8 Å². The van der Waals surface area contributed by atoms with Crippen molar-refractivity contribution in [3.8, 4) is 5.75 Å². The molecule has 6 nitrogen and oxygen atoms in total. The van der Waals surface area contributed by atoms with Crippen molar-refractivity contribution in [1.29, 1.82) is 0 Å².